The van der Waals surface area contributed by atoms with Crippen LogP contribution >= 0.6 is 0 Å². The van der Waals surface area contributed by atoms with Gasteiger partial charge in [0.2, 0.25) is 0 Å². The summed E-state index contributed by atoms with van der Waals surface area (Å²) in [5.74, 6) is 0. The number of rotatable bonds is 3. The van der Waals surface area contributed by atoms with Crippen LogP contribution < -0.4 is 5.32 Å². The normalized spacial score (nSPS) is 16.3. The highest BCUT2D eigenvalue weighted by Gasteiger charge is 2.36. The number of fused-ring (bicyclic) bond motifs is 3. The van der Waals surface area contributed by atoms with Gasteiger partial charge in [0.25, 0.3) is 0 Å². The van der Waals surface area contributed by atoms with Gasteiger partial charge in [0.05, 0.1) is 0 Å². The zero-order valence-corrected chi connectivity index (χ0v) is 16.5. The SMILES string of the molecule is CC1(C)c2ccccc2-c2c(Nc3ccc(C4=CCCC=C4)cc3)cccc21. The maximum Gasteiger partial charge on any atom is 0.0467 e. The highest BCUT2D eigenvalue weighted by Crippen LogP contribution is 2.51. The molecule has 0 aromatic heterocycles. The Labute approximate surface area is 167 Å². The molecule has 138 valence electrons. The van der Waals surface area contributed by atoms with Crippen molar-refractivity contribution in [2.45, 2.75) is 32.1 Å². The third kappa shape index (κ3) is 2.70. The average Bonchev–Trinajstić information content (AvgIpc) is 2.98. The zero-order valence-electron chi connectivity index (χ0n) is 16.5. The van der Waals surface area contributed by atoms with Gasteiger partial charge >= 0.3 is 0 Å². The van der Waals surface area contributed by atoms with E-state index in [1.807, 2.05) is 0 Å². The van der Waals surface area contributed by atoms with Crippen LogP contribution in [0, 0.1) is 0 Å². The van der Waals surface area contributed by atoms with Gasteiger partial charge in [-0.05, 0) is 58.9 Å². The van der Waals surface area contributed by atoms with Gasteiger partial charge in [0.1, 0.15) is 0 Å². The molecule has 1 heteroatoms. The van der Waals surface area contributed by atoms with E-state index in [9.17, 15) is 0 Å². The highest BCUT2D eigenvalue weighted by atomic mass is 14.9. The van der Waals surface area contributed by atoms with Crippen molar-refractivity contribution >= 4 is 16.9 Å². The van der Waals surface area contributed by atoms with Crippen LogP contribution in [0.3, 0.4) is 0 Å². The number of hydrogen-bond acceptors (Lipinski definition) is 1. The molecular weight excluding hydrogens is 338 g/mol. The zero-order chi connectivity index (χ0) is 19.1. The Balaban J connectivity index is 1.51. The fraction of sp³-hybridized carbons (Fsp3) is 0.185. The minimum Gasteiger partial charge on any atom is -0.355 e. The summed E-state index contributed by atoms with van der Waals surface area (Å²) in [4.78, 5) is 0. The molecule has 0 aliphatic heterocycles. The monoisotopic (exact) mass is 363 g/mol. The maximum absolute atomic E-state index is 3.68. The molecule has 1 nitrogen and oxygen atoms in total. The quantitative estimate of drug-likeness (QED) is 0.509. The molecule has 3 aromatic carbocycles. The Morgan fingerprint density at radius 1 is 0.786 bits per heavy atom. The van der Waals surface area contributed by atoms with Crippen molar-refractivity contribution in [1.82, 2.24) is 0 Å². The number of anilines is 2. The molecule has 0 bridgehead atoms. The van der Waals surface area contributed by atoms with Gasteiger partial charge in [-0.25, -0.2) is 0 Å². The van der Waals surface area contributed by atoms with Crippen LogP contribution in [-0.4, -0.2) is 0 Å². The molecule has 0 saturated heterocycles. The molecule has 0 atom stereocenters. The van der Waals surface area contributed by atoms with E-state index in [1.54, 1.807) is 0 Å². The van der Waals surface area contributed by atoms with Crippen LogP contribution in [0.25, 0.3) is 16.7 Å². The lowest BCUT2D eigenvalue weighted by Gasteiger charge is -2.21. The Morgan fingerprint density at radius 2 is 1.57 bits per heavy atom. The molecule has 0 spiro atoms. The summed E-state index contributed by atoms with van der Waals surface area (Å²) in [6, 6.07) is 24.2. The summed E-state index contributed by atoms with van der Waals surface area (Å²) in [5.41, 5.74) is 10.4. The van der Waals surface area contributed by atoms with Crippen molar-refractivity contribution < 1.29 is 0 Å². The maximum atomic E-state index is 3.68. The first-order valence-electron chi connectivity index (χ1n) is 10.1. The summed E-state index contributed by atoms with van der Waals surface area (Å²) in [7, 11) is 0. The van der Waals surface area contributed by atoms with Gasteiger partial charge < -0.3 is 5.32 Å². The van der Waals surface area contributed by atoms with E-state index in [0.717, 1.165) is 18.5 Å². The lowest BCUT2D eigenvalue weighted by Crippen LogP contribution is -2.14. The van der Waals surface area contributed by atoms with Gasteiger partial charge in [-0.3, -0.25) is 0 Å². The van der Waals surface area contributed by atoms with Gasteiger partial charge in [-0.1, -0.05) is 80.6 Å². The molecule has 2 aliphatic carbocycles. The molecule has 0 unspecified atom stereocenters. The van der Waals surface area contributed by atoms with Crippen LogP contribution in [0.4, 0.5) is 11.4 Å². The van der Waals surface area contributed by atoms with Gasteiger partial charge in [-0.2, -0.15) is 0 Å². The summed E-state index contributed by atoms with van der Waals surface area (Å²) >= 11 is 0. The molecule has 0 fully saturated rings. The average molecular weight is 364 g/mol. The molecule has 0 saturated carbocycles. The van der Waals surface area contributed by atoms with E-state index >= 15 is 0 Å². The largest absolute Gasteiger partial charge is 0.355 e. The van der Waals surface area contributed by atoms with E-state index in [1.165, 1.54) is 39.1 Å². The van der Waals surface area contributed by atoms with Crippen molar-refractivity contribution in [3.8, 4) is 11.1 Å². The Kier molecular flexibility index (Phi) is 3.98. The minimum absolute atomic E-state index is 0.0350. The second-order valence-electron chi connectivity index (χ2n) is 8.24. The van der Waals surface area contributed by atoms with Crippen molar-refractivity contribution in [1.29, 1.82) is 0 Å². The van der Waals surface area contributed by atoms with Gasteiger partial charge in [0.15, 0.2) is 0 Å². The number of allylic oxidation sites excluding steroid dienone is 4. The first-order chi connectivity index (χ1) is 13.6. The predicted octanol–water partition coefficient (Wildman–Crippen LogP) is 7.47. The van der Waals surface area contributed by atoms with Crippen molar-refractivity contribution in [2.75, 3.05) is 5.32 Å². The van der Waals surface area contributed by atoms with Crippen LogP contribution in [0.2, 0.25) is 0 Å². The van der Waals surface area contributed by atoms with E-state index in [4.69, 9.17) is 0 Å². The van der Waals surface area contributed by atoms with E-state index in [2.05, 4.69) is 104 Å². The third-order valence-electron chi connectivity index (χ3n) is 6.10. The molecule has 0 radical (unpaired) electrons. The first kappa shape index (κ1) is 17.1. The number of nitrogens with one attached hydrogen (secondary N) is 1. The minimum atomic E-state index is 0.0350. The Hall–Kier alpha value is -3.06. The van der Waals surface area contributed by atoms with E-state index in [-0.39, 0.29) is 5.41 Å². The van der Waals surface area contributed by atoms with Crippen LogP contribution in [0.15, 0.2) is 85.0 Å². The summed E-state index contributed by atoms with van der Waals surface area (Å²) in [6.07, 6.45) is 9.10. The second-order valence-corrected chi connectivity index (χ2v) is 8.24. The van der Waals surface area contributed by atoms with Crippen LogP contribution in [-0.2, 0) is 5.41 Å². The van der Waals surface area contributed by atoms with E-state index < -0.39 is 0 Å². The summed E-state index contributed by atoms with van der Waals surface area (Å²) in [6.45, 7) is 4.64. The third-order valence-corrected chi connectivity index (χ3v) is 6.10. The molecule has 5 rings (SSSR count). The Morgan fingerprint density at radius 3 is 2.36 bits per heavy atom. The summed E-state index contributed by atoms with van der Waals surface area (Å²) < 4.78 is 0. The molecule has 2 aliphatic rings. The number of hydrogen-bond donors (Lipinski definition) is 1. The van der Waals surface area contributed by atoms with Gasteiger partial charge in [0, 0.05) is 22.4 Å². The second kappa shape index (κ2) is 6.53. The molecule has 3 aromatic rings. The lowest BCUT2D eigenvalue weighted by molar-refractivity contribution is 0.660. The van der Waals surface area contributed by atoms with Crippen LogP contribution in [0.1, 0.15) is 43.4 Å². The Bertz CT molecular complexity index is 1100. The molecule has 0 heterocycles. The van der Waals surface area contributed by atoms with Crippen LogP contribution in [0.5, 0.6) is 0 Å². The molecule has 28 heavy (non-hydrogen) atoms. The summed E-state index contributed by atoms with van der Waals surface area (Å²) in [5, 5.41) is 3.68. The topological polar surface area (TPSA) is 12.0 Å². The fourth-order valence-corrected chi connectivity index (χ4v) is 4.59. The predicted molar refractivity (Wildman–Crippen MR) is 120 cm³/mol. The van der Waals surface area contributed by atoms with Crippen molar-refractivity contribution in [3.05, 3.63) is 102 Å². The molecule has 0 amide bonds. The first-order valence-corrected chi connectivity index (χ1v) is 10.1. The molecule has 1 N–H and O–H groups in total. The standard InChI is InChI=1S/C27H25N/c1-27(2)23-12-7-6-11-22(23)26-24(27)13-8-14-25(26)28-21-17-15-20(16-18-21)19-9-4-3-5-10-19/h4,6-18,28H,3,5H2,1-2H3. The van der Waals surface area contributed by atoms with Crippen molar-refractivity contribution in [3.63, 3.8) is 0 Å². The fourth-order valence-electron chi connectivity index (χ4n) is 4.59. The molecular formula is C27H25N. The van der Waals surface area contributed by atoms with Crippen molar-refractivity contribution in [2.24, 2.45) is 0 Å². The van der Waals surface area contributed by atoms with E-state index in [0.29, 0.717) is 0 Å². The number of benzene rings is 3. The highest BCUT2D eigenvalue weighted by molar-refractivity contribution is 5.91. The lowest BCUT2D eigenvalue weighted by atomic mass is 9.82. The smallest absolute Gasteiger partial charge is 0.0467 e. The van der Waals surface area contributed by atoms with Gasteiger partial charge in [-0.15, -0.1) is 0 Å².